The Morgan fingerprint density at radius 1 is 1.04 bits per heavy atom. The molecule has 6 nitrogen and oxygen atoms in total. The maximum absolute atomic E-state index is 13.2. The number of carbonyl (C=O) groups excluding carboxylic acids is 2. The highest BCUT2D eigenvalue weighted by molar-refractivity contribution is 7.09. The number of urea groups is 1. The van der Waals surface area contributed by atoms with Gasteiger partial charge >= 0.3 is 6.03 Å². The Labute approximate surface area is 167 Å². The molecule has 0 aliphatic carbocycles. The fraction of sp³-hybridized carbons (Fsp3) is 0.143. The van der Waals surface area contributed by atoms with Crippen LogP contribution in [0.15, 0.2) is 66.0 Å². The van der Waals surface area contributed by atoms with Gasteiger partial charge < -0.3 is 20.7 Å². The molecule has 0 radical (unpaired) electrons. The first-order valence-corrected chi connectivity index (χ1v) is 9.55. The van der Waals surface area contributed by atoms with Crippen molar-refractivity contribution in [2.24, 2.45) is 5.73 Å². The second-order valence-electron chi connectivity index (χ2n) is 6.12. The van der Waals surface area contributed by atoms with Gasteiger partial charge in [0.15, 0.2) is 0 Å². The largest absolute Gasteiger partial charge is 0.496 e. The molecule has 2 aromatic carbocycles. The number of methoxy groups -OCH3 is 1. The molecule has 0 unspecified atom stereocenters. The van der Waals surface area contributed by atoms with E-state index in [4.69, 9.17) is 10.5 Å². The molecule has 3 aromatic rings. The summed E-state index contributed by atoms with van der Waals surface area (Å²) in [4.78, 5) is 27.0. The lowest BCUT2D eigenvalue weighted by Crippen LogP contribution is -2.30. The first kappa shape index (κ1) is 19.4. The summed E-state index contributed by atoms with van der Waals surface area (Å²) in [5.41, 5.74) is 7.13. The molecule has 144 valence electrons. The minimum Gasteiger partial charge on any atom is -0.496 e. The summed E-state index contributed by atoms with van der Waals surface area (Å²) < 4.78 is 5.43. The molecule has 28 heavy (non-hydrogen) atoms. The molecular weight excluding hydrogens is 374 g/mol. The maximum atomic E-state index is 13.2. The number of nitrogens with zero attached hydrogens (tertiary/aromatic N) is 1. The normalized spacial score (nSPS) is 10.3. The van der Waals surface area contributed by atoms with Gasteiger partial charge in [-0.3, -0.25) is 4.79 Å². The highest BCUT2D eigenvalue weighted by Crippen LogP contribution is 2.23. The summed E-state index contributed by atoms with van der Waals surface area (Å²) in [5, 5.41) is 4.48. The van der Waals surface area contributed by atoms with Crippen LogP contribution < -0.4 is 15.8 Å². The van der Waals surface area contributed by atoms with Crippen LogP contribution >= 0.6 is 11.3 Å². The van der Waals surface area contributed by atoms with Crippen LogP contribution in [0, 0.1) is 0 Å². The van der Waals surface area contributed by atoms with E-state index < -0.39 is 6.03 Å². The molecule has 0 aliphatic heterocycles. The Hall–Kier alpha value is -3.32. The van der Waals surface area contributed by atoms with Gasteiger partial charge in [0, 0.05) is 21.7 Å². The van der Waals surface area contributed by atoms with Gasteiger partial charge in [-0.25, -0.2) is 4.79 Å². The fourth-order valence-corrected chi connectivity index (χ4v) is 3.57. The molecule has 3 N–H and O–H groups in total. The molecule has 0 aliphatic rings. The van der Waals surface area contributed by atoms with E-state index in [-0.39, 0.29) is 5.91 Å². The predicted octanol–water partition coefficient (Wildman–Crippen LogP) is 4.09. The number of hydrogen-bond donors (Lipinski definition) is 2. The van der Waals surface area contributed by atoms with Crippen LogP contribution in [0.2, 0.25) is 0 Å². The van der Waals surface area contributed by atoms with Crippen LogP contribution in [0.4, 0.5) is 10.5 Å². The Morgan fingerprint density at radius 3 is 2.43 bits per heavy atom. The van der Waals surface area contributed by atoms with Crippen LogP contribution in [-0.4, -0.2) is 23.9 Å². The van der Waals surface area contributed by atoms with Crippen molar-refractivity contribution in [2.45, 2.75) is 13.1 Å². The number of carbonyl (C=O) groups is 2. The van der Waals surface area contributed by atoms with Crippen molar-refractivity contribution in [3.05, 3.63) is 82.0 Å². The third-order valence-corrected chi connectivity index (χ3v) is 5.03. The van der Waals surface area contributed by atoms with E-state index in [0.717, 1.165) is 16.2 Å². The molecule has 0 saturated carbocycles. The van der Waals surface area contributed by atoms with Crippen molar-refractivity contribution in [3.63, 3.8) is 0 Å². The van der Waals surface area contributed by atoms with Crippen molar-refractivity contribution in [3.8, 4) is 5.75 Å². The number of nitrogens with two attached hydrogens (primary N) is 1. The van der Waals surface area contributed by atoms with Crippen molar-refractivity contribution >= 4 is 29.0 Å². The van der Waals surface area contributed by atoms with Crippen LogP contribution in [0.1, 0.15) is 20.8 Å². The van der Waals surface area contributed by atoms with Crippen LogP contribution in [0.3, 0.4) is 0 Å². The molecule has 1 aromatic heterocycles. The van der Waals surface area contributed by atoms with E-state index in [1.807, 2.05) is 41.8 Å². The Kier molecular flexibility index (Phi) is 6.29. The summed E-state index contributed by atoms with van der Waals surface area (Å²) in [6.45, 7) is 0.915. The number of ether oxygens (including phenoxy) is 1. The van der Waals surface area contributed by atoms with Crippen LogP contribution in [0.5, 0.6) is 5.75 Å². The zero-order valence-corrected chi connectivity index (χ0v) is 16.2. The molecule has 3 rings (SSSR count). The standard InChI is InChI=1S/C21H21N3O3S/c1-27-19-7-3-2-5-16(19)13-24(14-18-6-4-12-28-18)20(25)15-8-10-17(11-9-15)23-21(22)26/h2-12H,13-14H2,1H3,(H3,22,23,26). The molecule has 3 amide bonds. The number of para-hydroxylation sites is 1. The predicted molar refractivity (Wildman–Crippen MR) is 111 cm³/mol. The number of thiophene rings is 1. The van der Waals surface area contributed by atoms with E-state index in [1.165, 1.54) is 0 Å². The lowest BCUT2D eigenvalue weighted by Gasteiger charge is -2.23. The first-order valence-electron chi connectivity index (χ1n) is 8.67. The van der Waals surface area contributed by atoms with Gasteiger partial charge in [-0.1, -0.05) is 24.3 Å². The first-order chi connectivity index (χ1) is 13.6. The number of amides is 3. The minimum absolute atomic E-state index is 0.107. The number of hydrogen-bond acceptors (Lipinski definition) is 4. The zero-order valence-electron chi connectivity index (χ0n) is 15.4. The van der Waals surface area contributed by atoms with Gasteiger partial charge in [-0.15, -0.1) is 11.3 Å². The lowest BCUT2D eigenvalue weighted by atomic mass is 10.1. The van der Waals surface area contributed by atoms with Gasteiger partial charge in [-0.05, 0) is 41.8 Å². The Bertz CT molecular complexity index is 940. The minimum atomic E-state index is -0.644. The van der Waals surface area contributed by atoms with Crippen molar-refractivity contribution in [1.82, 2.24) is 4.90 Å². The average Bonchev–Trinajstić information content (AvgIpc) is 3.20. The quantitative estimate of drug-likeness (QED) is 0.632. The summed E-state index contributed by atoms with van der Waals surface area (Å²) in [7, 11) is 1.62. The summed E-state index contributed by atoms with van der Waals surface area (Å²) in [6.07, 6.45) is 0. The molecule has 0 fully saturated rings. The van der Waals surface area contributed by atoms with Crippen LogP contribution in [0.25, 0.3) is 0 Å². The third kappa shape index (κ3) is 4.89. The van der Waals surface area contributed by atoms with Crippen molar-refractivity contribution in [2.75, 3.05) is 12.4 Å². The molecule has 1 heterocycles. The summed E-state index contributed by atoms with van der Waals surface area (Å²) in [5.74, 6) is 0.636. The van der Waals surface area contributed by atoms with Gasteiger partial charge in [0.25, 0.3) is 5.91 Å². The van der Waals surface area contributed by atoms with E-state index in [2.05, 4.69) is 5.32 Å². The lowest BCUT2D eigenvalue weighted by molar-refractivity contribution is 0.0730. The molecular formula is C21H21N3O3S. The molecule has 0 bridgehead atoms. The monoisotopic (exact) mass is 395 g/mol. The summed E-state index contributed by atoms with van der Waals surface area (Å²) >= 11 is 1.61. The van der Waals surface area contributed by atoms with E-state index in [1.54, 1.807) is 47.6 Å². The second-order valence-corrected chi connectivity index (χ2v) is 7.15. The van der Waals surface area contributed by atoms with Gasteiger partial charge in [0.1, 0.15) is 5.75 Å². The number of benzene rings is 2. The smallest absolute Gasteiger partial charge is 0.316 e. The second kappa shape index (κ2) is 9.05. The van der Waals surface area contributed by atoms with Crippen molar-refractivity contribution < 1.29 is 14.3 Å². The highest BCUT2D eigenvalue weighted by atomic mass is 32.1. The van der Waals surface area contributed by atoms with Crippen molar-refractivity contribution in [1.29, 1.82) is 0 Å². The topological polar surface area (TPSA) is 84.7 Å². The number of anilines is 1. The van der Waals surface area contributed by atoms with E-state index in [9.17, 15) is 9.59 Å². The van der Waals surface area contributed by atoms with Gasteiger partial charge in [0.05, 0.1) is 20.2 Å². The third-order valence-electron chi connectivity index (χ3n) is 4.17. The van der Waals surface area contributed by atoms with E-state index >= 15 is 0 Å². The SMILES string of the molecule is COc1ccccc1CN(Cc1cccs1)C(=O)c1ccc(NC(N)=O)cc1. The number of primary amides is 1. The van der Waals surface area contributed by atoms with E-state index in [0.29, 0.717) is 24.3 Å². The average molecular weight is 395 g/mol. The highest BCUT2D eigenvalue weighted by Gasteiger charge is 2.19. The molecule has 0 atom stereocenters. The molecule has 0 spiro atoms. The molecule has 7 heteroatoms. The zero-order chi connectivity index (χ0) is 19.9. The Morgan fingerprint density at radius 2 is 1.79 bits per heavy atom. The number of rotatable bonds is 7. The fourth-order valence-electron chi connectivity index (χ4n) is 2.85. The van der Waals surface area contributed by atoms with Gasteiger partial charge in [0.2, 0.25) is 0 Å². The maximum Gasteiger partial charge on any atom is 0.316 e. The number of nitrogens with one attached hydrogen (secondary N) is 1. The van der Waals surface area contributed by atoms with Gasteiger partial charge in [-0.2, -0.15) is 0 Å². The van der Waals surface area contributed by atoms with Crippen LogP contribution in [-0.2, 0) is 13.1 Å². The molecule has 0 saturated heterocycles. The Balaban J connectivity index is 1.85. The summed E-state index contributed by atoms with van der Waals surface area (Å²) in [6, 6.07) is 17.7.